The van der Waals surface area contributed by atoms with Crippen LogP contribution in [0.15, 0.2) is 12.3 Å². The maximum Gasteiger partial charge on any atom is 0.150 e. The third kappa shape index (κ3) is 4.06. The fraction of sp³-hybridized carbons (Fsp3) is 0.786. The quantitative estimate of drug-likeness (QED) is 0.863. The van der Waals surface area contributed by atoms with E-state index >= 15 is 0 Å². The van der Waals surface area contributed by atoms with Crippen LogP contribution in [-0.4, -0.2) is 42.8 Å². The molecule has 0 aliphatic carbocycles. The van der Waals surface area contributed by atoms with Gasteiger partial charge in [-0.2, -0.15) is 5.10 Å². The van der Waals surface area contributed by atoms with Gasteiger partial charge in [0.1, 0.15) is 0 Å². The largest absolute Gasteiger partial charge is 0.317 e. The smallest absolute Gasteiger partial charge is 0.150 e. The molecular formula is C14H25N3O2S. The van der Waals surface area contributed by atoms with Gasteiger partial charge in [0, 0.05) is 24.7 Å². The molecule has 1 N–H and O–H groups in total. The molecule has 2 rings (SSSR count). The Balaban J connectivity index is 1.92. The Bertz CT molecular complexity index is 536. The van der Waals surface area contributed by atoms with E-state index in [0.717, 1.165) is 25.0 Å². The maximum absolute atomic E-state index is 11.5. The zero-order chi connectivity index (χ0) is 14.8. The van der Waals surface area contributed by atoms with Crippen LogP contribution in [0.2, 0.25) is 0 Å². The zero-order valence-electron chi connectivity index (χ0n) is 12.5. The van der Waals surface area contributed by atoms with E-state index in [1.54, 1.807) is 0 Å². The van der Waals surface area contributed by atoms with Gasteiger partial charge in [0.15, 0.2) is 9.84 Å². The standard InChI is InChI=1S/C14H25N3O2S/c1-11(2)17-6-4-13(16-17)9-14(15-3)8-12-5-7-20(18,19)10-12/h4,6,11-12,14-15H,5,7-10H2,1-3H3. The second kappa shape index (κ2) is 6.26. The molecule has 1 aromatic heterocycles. The first-order chi connectivity index (χ1) is 9.39. The molecule has 6 heteroatoms. The SMILES string of the molecule is CNC(Cc1ccn(C(C)C)n1)CC1CCS(=O)(=O)C1. The van der Waals surface area contributed by atoms with Crippen molar-refractivity contribution in [2.45, 2.75) is 45.2 Å². The summed E-state index contributed by atoms with van der Waals surface area (Å²) in [5, 5.41) is 7.86. The molecule has 0 bridgehead atoms. The van der Waals surface area contributed by atoms with Gasteiger partial charge >= 0.3 is 0 Å². The highest BCUT2D eigenvalue weighted by Crippen LogP contribution is 2.23. The number of likely N-dealkylation sites (N-methyl/N-ethyl adjacent to an activating group) is 1. The molecule has 0 radical (unpaired) electrons. The van der Waals surface area contributed by atoms with Gasteiger partial charge in [0.2, 0.25) is 0 Å². The van der Waals surface area contributed by atoms with Gasteiger partial charge in [0.05, 0.1) is 17.2 Å². The van der Waals surface area contributed by atoms with Gasteiger partial charge in [-0.25, -0.2) is 8.42 Å². The van der Waals surface area contributed by atoms with Crippen molar-refractivity contribution in [2.75, 3.05) is 18.6 Å². The lowest BCUT2D eigenvalue weighted by Gasteiger charge is -2.18. The van der Waals surface area contributed by atoms with Crippen LogP contribution in [-0.2, 0) is 16.3 Å². The van der Waals surface area contributed by atoms with Crippen molar-refractivity contribution < 1.29 is 8.42 Å². The molecule has 2 atom stereocenters. The molecule has 0 aromatic carbocycles. The summed E-state index contributed by atoms with van der Waals surface area (Å²) in [5.74, 6) is 1.01. The van der Waals surface area contributed by atoms with Crippen molar-refractivity contribution in [1.82, 2.24) is 15.1 Å². The summed E-state index contributed by atoms with van der Waals surface area (Å²) >= 11 is 0. The van der Waals surface area contributed by atoms with Crippen LogP contribution >= 0.6 is 0 Å². The van der Waals surface area contributed by atoms with E-state index in [-0.39, 0.29) is 0 Å². The lowest BCUT2D eigenvalue weighted by atomic mass is 9.96. The maximum atomic E-state index is 11.5. The Hall–Kier alpha value is -0.880. The highest BCUT2D eigenvalue weighted by Gasteiger charge is 2.29. The number of nitrogens with one attached hydrogen (secondary N) is 1. The summed E-state index contributed by atoms with van der Waals surface area (Å²) in [5.41, 5.74) is 1.07. The Labute approximate surface area is 121 Å². The number of hydrogen-bond acceptors (Lipinski definition) is 4. The van der Waals surface area contributed by atoms with Crippen LogP contribution in [0.3, 0.4) is 0 Å². The van der Waals surface area contributed by atoms with E-state index in [0.29, 0.717) is 29.5 Å². The number of rotatable bonds is 6. The molecule has 1 saturated heterocycles. The molecular weight excluding hydrogens is 274 g/mol. The molecule has 1 fully saturated rings. The van der Waals surface area contributed by atoms with Gasteiger partial charge in [-0.05, 0) is 45.7 Å². The average molecular weight is 299 g/mol. The highest BCUT2D eigenvalue weighted by atomic mass is 32.2. The van der Waals surface area contributed by atoms with Gasteiger partial charge in [-0.3, -0.25) is 4.68 Å². The molecule has 1 aliphatic heterocycles. The van der Waals surface area contributed by atoms with Crippen LogP contribution in [0.25, 0.3) is 0 Å². The summed E-state index contributed by atoms with van der Waals surface area (Å²) in [7, 11) is -0.839. The number of aromatic nitrogens is 2. The van der Waals surface area contributed by atoms with Crippen LogP contribution in [0.4, 0.5) is 0 Å². The molecule has 2 heterocycles. The van der Waals surface area contributed by atoms with Crippen molar-refractivity contribution in [3.05, 3.63) is 18.0 Å². The predicted molar refractivity (Wildman–Crippen MR) is 80.5 cm³/mol. The number of nitrogens with zero attached hydrogens (tertiary/aromatic N) is 2. The Morgan fingerprint density at radius 2 is 2.25 bits per heavy atom. The van der Waals surface area contributed by atoms with E-state index in [1.165, 1.54) is 0 Å². The van der Waals surface area contributed by atoms with Crippen molar-refractivity contribution in [2.24, 2.45) is 5.92 Å². The minimum Gasteiger partial charge on any atom is -0.317 e. The summed E-state index contributed by atoms with van der Waals surface area (Å²) in [6.07, 6.45) is 4.57. The van der Waals surface area contributed by atoms with Crippen LogP contribution in [0.5, 0.6) is 0 Å². The normalized spacial score (nSPS) is 23.3. The lowest BCUT2D eigenvalue weighted by molar-refractivity contribution is 0.418. The van der Waals surface area contributed by atoms with Crippen molar-refractivity contribution in [3.63, 3.8) is 0 Å². The van der Waals surface area contributed by atoms with Crippen molar-refractivity contribution in [3.8, 4) is 0 Å². The minimum atomic E-state index is -2.78. The van der Waals surface area contributed by atoms with E-state index < -0.39 is 9.84 Å². The molecule has 1 aliphatic rings. The first kappa shape index (κ1) is 15.5. The van der Waals surface area contributed by atoms with Crippen molar-refractivity contribution in [1.29, 1.82) is 0 Å². The minimum absolute atomic E-state index is 0.295. The second-order valence-electron chi connectivity index (χ2n) is 6.08. The van der Waals surface area contributed by atoms with Gasteiger partial charge in [-0.1, -0.05) is 0 Å². The lowest BCUT2D eigenvalue weighted by Crippen LogP contribution is -2.30. The third-order valence-corrected chi connectivity index (χ3v) is 5.84. The second-order valence-corrected chi connectivity index (χ2v) is 8.30. The molecule has 0 amide bonds. The molecule has 0 saturated carbocycles. The fourth-order valence-electron chi connectivity index (χ4n) is 2.79. The molecule has 1 aromatic rings. The predicted octanol–water partition coefficient (Wildman–Crippen LogP) is 1.42. The molecule has 2 unspecified atom stereocenters. The first-order valence-corrected chi connectivity index (χ1v) is 9.13. The van der Waals surface area contributed by atoms with Crippen LogP contribution in [0.1, 0.15) is 38.4 Å². The van der Waals surface area contributed by atoms with Crippen molar-refractivity contribution >= 4 is 9.84 Å². The monoisotopic (exact) mass is 299 g/mol. The molecule has 0 spiro atoms. The van der Waals surface area contributed by atoms with E-state index in [1.807, 2.05) is 17.9 Å². The van der Waals surface area contributed by atoms with Gasteiger partial charge < -0.3 is 5.32 Å². The van der Waals surface area contributed by atoms with Crippen LogP contribution in [0, 0.1) is 5.92 Å². The van der Waals surface area contributed by atoms with Gasteiger partial charge in [0.25, 0.3) is 0 Å². The topological polar surface area (TPSA) is 64.0 Å². The summed E-state index contributed by atoms with van der Waals surface area (Å²) in [6, 6.07) is 2.72. The van der Waals surface area contributed by atoms with E-state index in [2.05, 4.69) is 30.3 Å². The Kier molecular flexibility index (Phi) is 4.86. The molecule has 5 nitrogen and oxygen atoms in total. The molecule has 114 valence electrons. The van der Waals surface area contributed by atoms with E-state index in [9.17, 15) is 8.42 Å². The summed E-state index contributed by atoms with van der Waals surface area (Å²) < 4.78 is 25.0. The number of sulfone groups is 1. The molecule has 20 heavy (non-hydrogen) atoms. The third-order valence-electron chi connectivity index (χ3n) is 4.00. The van der Waals surface area contributed by atoms with Crippen LogP contribution < -0.4 is 5.32 Å². The van der Waals surface area contributed by atoms with E-state index in [4.69, 9.17) is 0 Å². The summed E-state index contributed by atoms with van der Waals surface area (Å²) in [6.45, 7) is 4.21. The Morgan fingerprint density at radius 3 is 2.75 bits per heavy atom. The fourth-order valence-corrected chi connectivity index (χ4v) is 4.67. The Morgan fingerprint density at radius 1 is 1.50 bits per heavy atom. The van der Waals surface area contributed by atoms with Gasteiger partial charge in [-0.15, -0.1) is 0 Å². The first-order valence-electron chi connectivity index (χ1n) is 7.31. The average Bonchev–Trinajstić information content (AvgIpc) is 2.95. The number of hydrogen-bond donors (Lipinski definition) is 1. The zero-order valence-corrected chi connectivity index (χ0v) is 13.4. The summed E-state index contributed by atoms with van der Waals surface area (Å²) in [4.78, 5) is 0. The highest BCUT2D eigenvalue weighted by molar-refractivity contribution is 7.91.